The second-order valence-corrected chi connectivity index (χ2v) is 8.50. The van der Waals surface area contributed by atoms with Crippen LogP contribution in [0, 0.1) is 13.8 Å². The van der Waals surface area contributed by atoms with Gasteiger partial charge in [0, 0.05) is 6.54 Å². The molecule has 0 radical (unpaired) electrons. The van der Waals surface area contributed by atoms with Crippen LogP contribution in [-0.2, 0) is 16.1 Å². The van der Waals surface area contributed by atoms with Gasteiger partial charge in [-0.15, -0.1) is 0 Å². The fourth-order valence-corrected chi connectivity index (χ4v) is 3.88. The van der Waals surface area contributed by atoms with E-state index in [2.05, 4.69) is 21.1 Å². The van der Waals surface area contributed by atoms with Gasteiger partial charge in [0.1, 0.15) is 17.5 Å². The van der Waals surface area contributed by atoms with E-state index in [4.69, 9.17) is 32.5 Å². The Balaban J connectivity index is 1.46. The van der Waals surface area contributed by atoms with Crippen molar-refractivity contribution < 1.29 is 24.0 Å². The Kier molecular flexibility index (Phi) is 8.36. The maximum absolute atomic E-state index is 12.4. The zero-order valence-corrected chi connectivity index (χ0v) is 19.3. The number of amides is 3. The average Bonchev–Trinajstić information content (AvgIpc) is 3.07. The van der Waals surface area contributed by atoms with Gasteiger partial charge in [-0.1, -0.05) is 34.4 Å². The summed E-state index contributed by atoms with van der Waals surface area (Å²) in [6, 6.07) is 4.33. The number of nitrogens with one attached hydrogen (secondary N) is 3. The second kappa shape index (κ2) is 11.0. The molecule has 1 aliphatic rings. The van der Waals surface area contributed by atoms with E-state index < -0.39 is 18.2 Å². The summed E-state index contributed by atoms with van der Waals surface area (Å²) in [7, 11) is 0. The summed E-state index contributed by atoms with van der Waals surface area (Å²) in [4.78, 5) is 24.7. The van der Waals surface area contributed by atoms with Crippen LogP contribution in [-0.4, -0.2) is 47.1 Å². The highest BCUT2D eigenvalue weighted by molar-refractivity contribution is 6.42. The van der Waals surface area contributed by atoms with Crippen molar-refractivity contribution in [1.82, 2.24) is 15.8 Å². The van der Waals surface area contributed by atoms with Crippen molar-refractivity contribution in [1.29, 1.82) is 0 Å². The number of halogens is 2. The van der Waals surface area contributed by atoms with Gasteiger partial charge in [0.15, 0.2) is 5.76 Å². The predicted molar refractivity (Wildman–Crippen MR) is 120 cm³/mol. The maximum Gasteiger partial charge on any atom is 0.319 e. The number of benzene rings is 1. The fourth-order valence-electron chi connectivity index (χ4n) is 3.56. The van der Waals surface area contributed by atoms with Gasteiger partial charge in [0.05, 0.1) is 35.2 Å². The standard InChI is InChI=1S/C21H26Cl2N4O5/c1-11-20(12(2)32-27-11)26-21(30)25-17-6-4-14(31-18(17)10-28)8-19(29)24-9-13-3-5-15(22)16(23)7-13/h3,5,7,14,17-18,28H,4,6,8-10H2,1-2H3,(H,24,29)(H2,25,26,30)/t14-,17+,18-/m1/s1. The molecule has 0 aliphatic carbocycles. The molecule has 3 amide bonds. The third-order valence-electron chi connectivity index (χ3n) is 5.27. The van der Waals surface area contributed by atoms with E-state index in [0.717, 1.165) is 5.56 Å². The van der Waals surface area contributed by atoms with E-state index in [0.29, 0.717) is 46.6 Å². The molecule has 0 saturated carbocycles. The predicted octanol–water partition coefficient (Wildman–Crippen LogP) is 3.33. The van der Waals surface area contributed by atoms with Crippen molar-refractivity contribution in [3.05, 3.63) is 45.3 Å². The van der Waals surface area contributed by atoms with Crippen molar-refractivity contribution >= 4 is 40.8 Å². The molecule has 0 unspecified atom stereocenters. The van der Waals surface area contributed by atoms with E-state index in [1.165, 1.54) is 0 Å². The average molecular weight is 485 g/mol. The van der Waals surface area contributed by atoms with Crippen LogP contribution < -0.4 is 16.0 Å². The highest BCUT2D eigenvalue weighted by Crippen LogP contribution is 2.24. The molecule has 3 rings (SSSR count). The number of hydrogen-bond donors (Lipinski definition) is 4. The van der Waals surface area contributed by atoms with E-state index in [1.807, 2.05) is 0 Å². The van der Waals surface area contributed by atoms with Crippen LogP contribution in [0.4, 0.5) is 10.5 Å². The number of ether oxygens (including phenoxy) is 1. The zero-order valence-electron chi connectivity index (χ0n) is 17.8. The van der Waals surface area contributed by atoms with E-state index in [-0.39, 0.29) is 25.0 Å². The molecule has 1 aromatic heterocycles. The minimum atomic E-state index is -0.618. The van der Waals surface area contributed by atoms with Crippen molar-refractivity contribution in [2.24, 2.45) is 0 Å². The van der Waals surface area contributed by atoms with Crippen LogP contribution >= 0.6 is 23.2 Å². The third-order valence-corrected chi connectivity index (χ3v) is 6.01. The van der Waals surface area contributed by atoms with Gasteiger partial charge >= 0.3 is 6.03 Å². The maximum atomic E-state index is 12.4. The van der Waals surface area contributed by atoms with E-state index in [1.54, 1.807) is 32.0 Å². The first-order chi connectivity index (χ1) is 15.3. The van der Waals surface area contributed by atoms with Crippen molar-refractivity contribution in [2.45, 2.75) is 57.9 Å². The lowest BCUT2D eigenvalue weighted by atomic mass is 9.97. The molecule has 1 fully saturated rings. The Labute approximate surface area is 195 Å². The molecule has 4 N–H and O–H groups in total. The summed E-state index contributed by atoms with van der Waals surface area (Å²) < 4.78 is 10.9. The smallest absolute Gasteiger partial charge is 0.319 e. The van der Waals surface area contributed by atoms with Gasteiger partial charge in [-0.05, 0) is 44.4 Å². The first-order valence-electron chi connectivity index (χ1n) is 10.2. The number of rotatable bonds is 7. The summed E-state index contributed by atoms with van der Waals surface area (Å²) >= 11 is 11.9. The lowest BCUT2D eigenvalue weighted by Crippen LogP contribution is -2.52. The van der Waals surface area contributed by atoms with Crippen molar-refractivity contribution in [3.63, 3.8) is 0 Å². The highest BCUT2D eigenvalue weighted by atomic mass is 35.5. The van der Waals surface area contributed by atoms with Crippen LogP contribution in [0.5, 0.6) is 0 Å². The van der Waals surface area contributed by atoms with Gasteiger partial charge in [0.2, 0.25) is 5.91 Å². The molecule has 1 aromatic carbocycles. The molecular weight excluding hydrogens is 459 g/mol. The fraction of sp³-hybridized carbons (Fsp3) is 0.476. The number of aromatic nitrogens is 1. The monoisotopic (exact) mass is 484 g/mol. The molecule has 32 heavy (non-hydrogen) atoms. The molecule has 11 heteroatoms. The summed E-state index contributed by atoms with van der Waals surface area (Å²) in [5, 5.41) is 22.8. The van der Waals surface area contributed by atoms with Crippen molar-refractivity contribution in [3.8, 4) is 0 Å². The Morgan fingerprint density at radius 1 is 1.22 bits per heavy atom. The summed E-state index contributed by atoms with van der Waals surface area (Å²) in [5.74, 6) is 0.323. The lowest BCUT2D eigenvalue weighted by molar-refractivity contribution is -0.130. The Bertz CT molecular complexity index is 948. The van der Waals surface area contributed by atoms with Gasteiger partial charge in [-0.25, -0.2) is 4.79 Å². The van der Waals surface area contributed by atoms with Gasteiger partial charge < -0.3 is 30.3 Å². The number of nitrogens with zero attached hydrogens (tertiary/aromatic N) is 1. The van der Waals surface area contributed by atoms with Crippen molar-refractivity contribution in [2.75, 3.05) is 11.9 Å². The minimum absolute atomic E-state index is 0.149. The van der Waals surface area contributed by atoms with Crippen LogP contribution in [0.2, 0.25) is 10.0 Å². The van der Waals surface area contributed by atoms with Crippen LogP contribution in [0.1, 0.15) is 36.3 Å². The van der Waals surface area contributed by atoms with Crippen LogP contribution in [0.15, 0.2) is 22.7 Å². The normalized spacial score (nSPS) is 20.6. The lowest BCUT2D eigenvalue weighted by Gasteiger charge is -2.35. The SMILES string of the molecule is Cc1noc(C)c1NC(=O)N[C@H]1CC[C@H](CC(=O)NCc2ccc(Cl)c(Cl)c2)O[C@@H]1CO. The number of carbonyl (C=O) groups excluding carboxylic acids is 2. The van der Waals surface area contributed by atoms with Crippen LogP contribution in [0.25, 0.3) is 0 Å². The second-order valence-electron chi connectivity index (χ2n) is 7.69. The Morgan fingerprint density at radius 3 is 2.66 bits per heavy atom. The molecular formula is C21H26Cl2N4O5. The Morgan fingerprint density at radius 2 is 2.00 bits per heavy atom. The molecule has 3 atom stereocenters. The quantitative estimate of drug-likeness (QED) is 0.477. The number of aliphatic hydroxyl groups excluding tert-OH is 1. The zero-order chi connectivity index (χ0) is 23.3. The molecule has 9 nitrogen and oxygen atoms in total. The first kappa shape index (κ1) is 24.3. The highest BCUT2D eigenvalue weighted by Gasteiger charge is 2.33. The summed E-state index contributed by atoms with van der Waals surface area (Å²) in [6.07, 6.45) is 0.296. The number of anilines is 1. The summed E-state index contributed by atoms with van der Waals surface area (Å²) in [6.45, 7) is 3.46. The molecule has 2 heterocycles. The number of urea groups is 1. The molecule has 0 spiro atoms. The third kappa shape index (κ3) is 6.35. The first-order valence-corrected chi connectivity index (χ1v) is 11.0. The summed E-state index contributed by atoms with van der Waals surface area (Å²) in [5.41, 5.74) is 1.92. The van der Waals surface area contributed by atoms with E-state index in [9.17, 15) is 14.7 Å². The molecule has 1 aliphatic heterocycles. The largest absolute Gasteiger partial charge is 0.394 e. The van der Waals surface area contributed by atoms with E-state index >= 15 is 0 Å². The molecule has 2 aromatic rings. The van der Waals surface area contributed by atoms with Gasteiger partial charge in [-0.3, -0.25) is 4.79 Å². The number of aryl methyl sites for hydroxylation is 2. The Hall–Kier alpha value is -2.33. The van der Waals surface area contributed by atoms with Crippen LogP contribution in [0.3, 0.4) is 0 Å². The van der Waals surface area contributed by atoms with Gasteiger partial charge in [-0.2, -0.15) is 0 Å². The number of hydrogen-bond acceptors (Lipinski definition) is 6. The number of carbonyl (C=O) groups is 2. The molecule has 1 saturated heterocycles. The van der Waals surface area contributed by atoms with Gasteiger partial charge in [0.25, 0.3) is 0 Å². The number of aliphatic hydroxyl groups is 1. The molecule has 174 valence electrons. The minimum Gasteiger partial charge on any atom is -0.394 e. The topological polar surface area (TPSA) is 126 Å². The molecule has 0 bridgehead atoms.